The molecule has 0 aliphatic carbocycles. The number of carbonyl (C=O) groups excluding carboxylic acids is 2. The molecule has 2 rings (SSSR count). The summed E-state index contributed by atoms with van der Waals surface area (Å²) >= 11 is 0.996. The van der Waals surface area contributed by atoms with E-state index in [0.29, 0.717) is 11.3 Å². The van der Waals surface area contributed by atoms with Crippen LogP contribution in [0.25, 0.3) is 11.5 Å². The van der Waals surface area contributed by atoms with E-state index in [0.717, 1.165) is 11.8 Å². The Balaban J connectivity index is 1.90. The van der Waals surface area contributed by atoms with Crippen molar-refractivity contribution in [3.05, 3.63) is 24.3 Å². The third kappa shape index (κ3) is 7.45. The molecule has 2 amide bonds. The van der Waals surface area contributed by atoms with E-state index in [9.17, 15) is 14.4 Å². The molecule has 1 aromatic heterocycles. The molecule has 0 aliphatic rings. The van der Waals surface area contributed by atoms with Crippen LogP contribution in [0.1, 0.15) is 27.7 Å². The summed E-state index contributed by atoms with van der Waals surface area (Å²) in [6.07, 6.45) is -0.558. The van der Waals surface area contributed by atoms with E-state index in [-0.39, 0.29) is 16.9 Å². The van der Waals surface area contributed by atoms with E-state index >= 15 is 0 Å². The van der Waals surface area contributed by atoms with Gasteiger partial charge in [0.15, 0.2) is 0 Å². The zero-order valence-corrected chi connectivity index (χ0v) is 17.2. The Bertz CT molecular complexity index is 875. The number of aliphatic carboxylic acids is 1. The quantitative estimate of drug-likeness (QED) is 0.574. The Morgan fingerprint density at radius 3 is 2.45 bits per heavy atom. The van der Waals surface area contributed by atoms with Crippen molar-refractivity contribution in [2.75, 3.05) is 11.1 Å². The summed E-state index contributed by atoms with van der Waals surface area (Å²) in [6, 6.07) is 5.73. The number of nitrogens with zero attached hydrogens (tertiary/aromatic N) is 2. The fourth-order valence-electron chi connectivity index (χ4n) is 1.97. The molecule has 0 saturated carbocycles. The van der Waals surface area contributed by atoms with Gasteiger partial charge in [-0.15, -0.1) is 10.2 Å². The van der Waals surface area contributed by atoms with E-state index < -0.39 is 29.6 Å². The highest BCUT2D eigenvalue weighted by Gasteiger charge is 2.17. The maximum atomic E-state index is 11.8. The molecule has 1 unspecified atom stereocenters. The van der Waals surface area contributed by atoms with Crippen molar-refractivity contribution in [1.29, 1.82) is 0 Å². The minimum absolute atomic E-state index is 0.0575. The molecule has 0 spiro atoms. The summed E-state index contributed by atoms with van der Waals surface area (Å²) in [4.78, 5) is 34.2. The minimum atomic E-state index is -1.12. The lowest BCUT2D eigenvalue weighted by molar-refractivity contribution is -0.140. The average molecular weight is 422 g/mol. The molecule has 2 aromatic rings. The van der Waals surface area contributed by atoms with E-state index in [2.05, 4.69) is 20.8 Å². The van der Waals surface area contributed by atoms with Crippen LogP contribution in [-0.4, -0.2) is 50.7 Å². The number of nitrogens with one attached hydrogen (secondary N) is 2. The van der Waals surface area contributed by atoms with Gasteiger partial charge in [0, 0.05) is 11.3 Å². The SMILES string of the molecule is CC(NC(=O)CSc1nnc(-c2ccc(NC(=O)OC(C)(C)C)cc2)o1)C(=O)O. The van der Waals surface area contributed by atoms with Gasteiger partial charge in [-0.2, -0.15) is 0 Å². The Morgan fingerprint density at radius 2 is 1.86 bits per heavy atom. The largest absolute Gasteiger partial charge is 0.480 e. The number of hydrogen-bond donors (Lipinski definition) is 3. The summed E-state index contributed by atoms with van der Waals surface area (Å²) in [7, 11) is 0. The van der Waals surface area contributed by atoms with Crippen molar-refractivity contribution in [2.45, 2.75) is 44.6 Å². The van der Waals surface area contributed by atoms with Crippen LogP contribution in [0.4, 0.5) is 10.5 Å². The molecule has 11 heteroatoms. The summed E-state index contributed by atoms with van der Waals surface area (Å²) in [5.74, 6) is -1.39. The molecule has 156 valence electrons. The molecule has 29 heavy (non-hydrogen) atoms. The lowest BCUT2D eigenvalue weighted by atomic mass is 10.2. The molecule has 0 saturated heterocycles. The highest BCUT2D eigenvalue weighted by molar-refractivity contribution is 7.99. The highest BCUT2D eigenvalue weighted by Crippen LogP contribution is 2.24. The first-order valence-corrected chi connectivity index (χ1v) is 9.61. The topological polar surface area (TPSA) is 144 Å². The van der Waals surface area contributed by atoms with Gasteiger partial charge in [0.05, 0.1) is 5.75 Å². The van der Waals surface area contributed by atoms with Crippen molar-refractivity contribution < 1.29 is 28.6 Å². The summed E-state index contributed by atoms with van der Waals surface area (Å²) < 4.78 is 10.7. The molecule has 3 N–H and O–H groups in total. The van der Waals surface area contributed by atoms with Crippen LogP contribution in [0, 0.1) is 0 Å². The van der Waals surface area contributed by atoms with Crippen LogP contribution in [-0.2, 0) is 14.3 Å². The molecule has 0 radical (unpaired) electrons. The predicted octanol–water partition coefficient (Wildman–Crippen LogP) is 2.77. The fraction of sp³-hybridized carbons (Fsp3) is 0.389. The van der Waals surface area contributed by atoms with E-state index in [1.807, 2.05) is 0 Å². The van der Waals surface area contributed by atoms with Crippen LogP contribution >= 0.6 is 11.8 Å². The number of ether oxygens (including phenoxy) is 1. The Kier molecular flexibility index (Phi) is 7.21. The van der Waals surface area contributed by atoms with Crippen molar-refractivity contribution >= 4 is 35.4 Å². The zero-order chi connectivity index (χ0) is 21.6. The van der Waals surface area contributed by atoms with Gasteiger partial charge >= 0.3 is 12.1 Å². The van der Waals surface area contributed by atoms with Crippen LogP contribution in [0.2, 0.25) is 0 Å². The van der Waals surface area contributed by atoms with Gasteiger partial charge in [0.2, 0.25) is 11.8 Å². The van der Waals surface area contributed by atoms with Crippen molar-refractivity contribution in [1.82, 2.24) is 15.5 Å². The molecule has 1 heterocycles. The Morgan fingerprint density at radius 1 is 1.21 bits per heavy atom. The normalized spacial score (nSPS) is 12.1. The second kappa shape index (κ2) is 9.41. The Labute approximate surface area is 171 Å². The number of carboxylic acids is 1. The van der Waals surface area contributed by atoms with Gasteiger partial charge in [-0.05, 0) is 52.0 Å². The van der Waals surface area contributed by atoms with Gasteiger partial charge in [0.25, 0.3) is 5.22 Å². The molecule has 1 atom stereocenters. The number of rotatable bonds is 7. The van der Waals surface area contributed by atoms with E-state index in [1.165, 1.54) is 6.92 Å². The van der Waals surface area contributed by atoms with Crippen molar-refractivity contribution in [3.63, 3.8) is 0 Å². The number of hydrogen-bond acceptors (Lipinski definition) is 8. The monoisotopic (exact) mass is 422 g/mol. The first-order chi connectivity index (χ1) is 13.5. The molecule has 0 bridgehead atoms. The lowest BCUT2D eigenvalue weighted by Crippen LogP contribution is -2.39. The molecular weight excluding hydrogens is 400 g/mol. The molecule has 1 aromatic carbocycles. The molecule has 0 fully saturated rings. The van der Waals surface area contributed by atoms with Crippen LogP contribution in [0.5, 0.6) is 0 Å². The maximum absolute atomic E-state index is 11.8. The van der Waals surface area contributed by atoms with Crippen LogP contribution in [0.3, 0.4) is 0 Å². The number of anilines is 1. The molecule has 10 nitrogen and oxygen atoms in total. The Hall–Kier alpha value is -3.08. The van der Waals surface area contributed by atoms with Crippen molar-refractivity contribution in [2.24, 2.45) is 0 Å². The number of thioether (sulfide) groups is 1. The first-order valence-electron chi connectivity index (χ1n) is 8.62. The van der Waals surface area contributed by atoms with Gasteiger partial charge in [-0.3, -0.25) is 14.9 Å². The zero-order valence-electron chi connectivity index (χ0n) is 16.4. The minimum Gasteiger partial charge on any atom is -0.480 e. The maximum Gasteiger partial charge on any atom is 0.412 e. The second-order valence-corrected chi connectivity index (χ2v) is 7.92. The fourth-order valence-corrected chi connectivity index (χ4v) is 2.55. The number of carboxylic acid groups (broad SMARTS) is 1. The standard InChI is InChI=1S/C18H22N4O6S/c1-10(15(24)25)19-13(23)9-29-17-22-21-14(27-17)11-5-7-12(8-6-11)20-16(26)28-18(2,3)4/h5-8,10H,9H2,1-4H3,(H,19,23)(H,20,26)(H,24,25). The number of amides is 2. The van der Waals surface area contributed by atoms with Gasteiger partial charge < -0.3 is 19.6 Å². The highest BCUT2D eigenvalue weighted by atomic mass is 32.2. The smallest absolute Gasteiger partial charge is 0.412 e. The predicted molar refractivity (Wildman–Crippen MR) is 106 cm³/mol. The van der Waals surface area contributed by atoms with Gasteiger partial charge in [-0.1, -0.05) is 11.8 Å². The van der Waals surface area contributed by atoms with Gasteiger partial charge in [-0.25, -0.2) is 4.79 Å². The third-order valence-electron chi connectivity index (χ3n) is 3.26. The molecule has 0 aliphatic heterocycles. The van der Waals surface area contributed by atoms with Crippen molar-refractivity contribution in [3.8, 4) is 11.5 Å². The summed E-state index contributed by atoms with van der Waals surface area (Å²) in [6.45, 7) is 6.70. The van der Waals surface area contributed by atoms with Crippen LogP contribution in [0.15, 0.2) is 33.9 Å². The summed E-state index contributed by atoms with van der Waals surface area (Å²) in [5.41, 5.74) is 0.578. The number of aromatic nitrogens is 2. The lowest BCUT2D eigenvalue weighted by Gasteiger charge is -2.19. The summed E-state index contributed by atoms with van der Waals surface area (Å²) in [5, 5.41) is 21.7. The van der Waals surface area contributed by atoms with E-state index in [4.69, 9.17) is 14.3 Å². The van der Waals surface area contributed by atoms with E-state index in [1.54, 1.807) is 45.0 Å². The molecular formula is C18H22N4O6S. The third-order valence-corrected chi connectivity index (χ3v) is 4.08. The number of carbonyl (C=O) groups is 3. The number of benzene rings is 1. The second-order valence-electron chi connectivity index (χ2n) is 6.99. The first kappa shape index (κ1) is 22.2. The van der Waals surface area contributed by atoms with Crippen LogP contribution < -0.4 is 10.6 Å². The van der Waals surface area contributed by atoms with Gasteiger partial charge in [0.1, 0.15) is 11.6 Å². The average Bonchev–Trinajstić information content (AvgIpc) is 3.08.